The summed E-state index contributed by atoms with van der Waals surface area (Å²) in [7, 11) is 0. The second-order valence-corrected chi connectivity index (χ2v) is 3.47. The Hall–Kier alpha value is -1.76. The van der Waals surface area contributed by atoms with Crippen molar-refractivity contribution >= 4 is 0 Å². The highest BCUT2D eigenvalue weighted by Gasteiger charge is 2.33. The molecule has 0 aliphatic heterocycles. The SMILES string of the molecule is NCc1ccc(Cn2ccc(C(F)(F)F)n2)o1. The molecule has 0 unspecified atom stereocenters. The van der Waals surface area contributed by atoms with Gasteiger partial charge in [-0.05, 0) is 18.2 Å². The molecule has 0 radical (unpaired) electrons. The molecular formula is C10H10F3N3O. The van der Waals surface area contributed by atoms with Crippen LogP contribution in [0.1, 0.15) is 17.2 Å². The van der Waals surface area contributed by atoms with Gasteiger partial charge in [-0.3, -0.25) is 4.68 Å². The molecule has 0 atom stereocenters. The van der Waals surface area contributed by atoms with Crippen LogP contribution in [0.3, 0.4) is 0 Å². The van der Waals surface area contributed by atoms with Gasteiger partial charge in [-0.15, -0.1) is 0 Å². The highest BCUT2D eigenvalue weighted by molar-refractivity contribution is 5.09. The van der Waals surface area contributed by atoms with E-state index in [2.05, 4.69) is 5.10 Å². The molecule has 17 heavy (non-hydrogen) atoms. The molecule has 0 aliphatic carbocycles. The molecule has 0 amide bonds. The summed E-state index contributed by atoms with van der Waals surface area (Å²) in [5.74, 6) is 1.10. The van der Waals surface area contributed by atoms with Crippen LogP contribution in [0.4, 0.5) is 13.2 Å². The fraction of sp³-hybridized carbons (Fsp3) is 0.300. The Morgan fingerprint density at radius 1 is 1.24 bits per heavy atom. The van der Waals surface area contributed by atoms with E-state index in [0.29, 0.717) is 11.5 Å². The van der Waals surface area contributed by atoms with Crippen molar-refractivity contribution in [1.82, 2.24) is 9.78 Å². The van der Waals surface area contributed by atoms with Crippen LogP contribution >= 0.6 is 0 Å². The minimum absolute atomic E-state index is 0.149. The minimum atomic E-state index is -4.42. The van der Waals surface area contributed by atoms with Crippen LogP contribution in [-0.4, -0.2) is 9.78 Å². The van der Waals surface area contributed by atoms with Crippen LogP contribution in [0.25, 0.3) is 0 Å². The van der Waals surface area contributed by atoms with Crippen LogP contribution in [0.5, 0.6) is 0 Å². The normalized spacial score (nSPS) is 12.0. The monoisotopic (exact) mass is 245 g/mol. The molecule has 2 aromatic rings. The zero-order valence-corrected chi connectivity index (χ0v) is 8.74. The van der Waals surface area contributed by atoms with E-state index in [0.717, 1.165) is 6.07 Å². The van der Waals surface area contributed by atoms with Crippen LogP contribution in [0.2, 0.25) is 0 Å². The van der Waals surface area contributed by atoms with Crippen LogP contribution in [-0.2, 0) is 19.3 Å². The average molecular weight is 245 g/mol. The van der Waals surface area contributed by atoms with Gasteiger partial charge in [0.15, 0.2) is 5.69 Å². The molecule has 0 aliphatic rings. The lowest BCUT2D eigenvalue weighted by Crippen LogP contribution is -2.08. The van der Waals surface area contributed by atoms with Crippen molar-refractivity contribution in [3.8, 4) is 0 Å². The van der Waals surface area contributed by atoms with Crippen LogP contribution < -0.4 is 5.73 Å². The summed E-state index contributed by atoms with van der Waals surface area (Å²) in [4.78, 5) is 0. The largest absolute Gasteiger partial charge is 0.463 e. The number of nitrogens with zero attached hydrogens (tertiary/aromatic N) is 2. The Morgan fingerprint density at radius 3 is 2.47 bits per heavy atom. The molecule has 92 valence electrons. The molecule has 0 spiro atoms. The topological polar surface area (TPSA) is 57.0 Å². The van der Waals surface area contributed by atoms with Crippen molar-refractivity contribution < 1.29 is 17.6 Å². The number of hydrogen-bond donors (Lipinski definition) is 1. The standard InChI is InChI=1S/C10H10F3N3O/c11-10(12,13)9-3-4-16(15-9)6-8-2-1-7(5-14)17-8/h1-4H,5-6,14H2. The molecule has 2 N–H and O–H groups in total. The molecular weight excluding hydrogens is 235 g/mol. The van der Waals surface area contributed by atoms with Crippen LogP contribution in [0.15, 0.2) is 28.8 Å². The van der Waals surface area contributed by atoms with Crippen molar-refractivity contribution in [3.63, 3.8) is 0 Å². The van der Waals surface area contributed by atoms with E-state index in [1.165, 1.54) is 10.9 Å². The number of nitrogens with two attached hydrogens (primary N) is 1. The maximum atomic E-state index is 12.3. The van der Waals surface area contributed by atoms with Gasteiger partial charge in [0.1, 0.15) is 11.5 Å². The number of rotatable bonds is 3. The summed E-state index contributed by atoms with van der Waals surface area (Å²) in [6.45, 7) is 0.406. The van der Waals surface area contributed by atoms with E-state index in [9.17, 15) is 13.2 Å². The van der Waals surface area contributed by atoms with E-state index in [-0.39, 0.29) is 13.1 Å². The lowest BCUT2D eigenvalue weighted by Gasteiger charge is -2.01. The number of furan rings is 1. The van der Waals surface area contributed by atoms with Gasteiger partial charge in [0.25, 0.3) is 0 Å². The first kappa shape index (κ1) is 11.7. The number of halogens is 3. The molecule has 0 saturated carbocycles. The fourth-order valence-electron chi connectivity index (χ4n) is 1.38. The Balaban J connectivity index is 2.11. The first-order chi connectivity index (χ1) is 7.99. The van der Waals surface area contributed by atoms with E-state index in [1.807, 2.05) is 0 Å². The summed E-state index contributed by atoms with van der Waals surface area (Å²) >= 11 is 0. The fourth-order valence-corrected chi connectivity index (χ4v) is 1.38. The predicted octanol–water partition coefficient (Wildman–Crippen LogP) is 2.00. The van der Waals surface area contributed by atoms with Gasteiger partial charge in [-0.25, -0.2) is 0 Å². The molecule has 2 rings (SSSR count). The molecule has 0 fully saturated rings. The first-order valence-electron chi connectivity index (χ1n) is 4.87. The zero-order valence-electron chi connectivity index (χ0n) is 8.74. The van der Waals surface area contributed by atoms with Gasteiger partial charge in [0.05, 0.1) is 13.1 Å². The Bertz CT molecular complexity index is 501. The van der Waals surface area contributed by atoms with E-state index in [1.54, 1.807) is 12.1 Å². The molecule has 0 bridgehead atoms. The van der Waals surface area contributed by atoms with Crippen molar-refractivity contribution in [3.05, 3.63) is 41.6 Å². The smallest absolute Gasteiger partial charge is 0.435 e. The van der Waals surface area contributed by atoms with Gasteiger partial charge >= 0.3 is 6.18 Å². The maximum Gasteiger partial charge on any atom is 0.435 e. The summed E-state index contributed by atoms with van der Waals surface area (Å²) in [6.07, 6.45) is -3.16. The molecule has 2 heterocycles. The summed E-state index contributed by atoms with van der Waals surface area (Å²) in [5, 5.41) is 3.41. The van der Waals surface area contributed by atoms with E-state index in [4.69, 9.17) is 10.2 Å². The zero-order chi connectivity index (χ0) is 12.5. The Labute approximate surface area is 94.8 Å². The minimum Gasteiger partial charge on any atom is -0.463 e. The number of aromatic nitrogens is 2. The van der Waals surface area contributed by atoms with Gasteiger partial charge in [0, 0.05) is 6.20 Å². The van der Waals surface area contributed by atoms with Gasteiger partial charge in [-0.1, -0.05) is 0 Å². The number of alkyl halides is 3. The summed E-state index contributed by atoms with van der Waals surface area (Å²) in [5.41, 5.74) is 4.44. The first-order valence-corrected chi connectivity index (χ1v) is 4.87. The molecule has 4 nitrogen and oxygen atoms in total. The van der Waals surface area contributed by atoms with E-state index >= 15 is 0 Å². The third-order valence-corrected chi connectivity index (χ3v) is 2.17. The van der Waals surface area contributed by atoms with Gasteiger partial charge in [-0.2, -0.15) is 18.3 Å². The lowest BCUT2D eigenvalue weighted by atomic mass is 10.4. The molecule has 7 heteroatoms. The van der Waals surface area contributed by atoms with Gasteiger partial charge < -0.3 is 10.2 Å². The highest BCUT2D eigenvalue weighted by Crippen LogP contribution is 2.27. The quantitative estimate of drug-likeness (QED) is 0.899. The number of hydrogen-bond acceptors (Lipinski definition) is 3. The van der Waals surface area contributed by atoms with Crippen LogP contribution in [0, 0.1) is 0 Å². The van der Waals surface area contributed by atoms with Crippen molar-refractivity contribution in [2.75, 3.05) is 0 Å². The molecule has 2 aromatic heterocycles. The average Bonchev–Trinajstić information content (AvgIpc) is 2.86. The Morgan fingerprint density at radius 2 is 1.94 bits per heavy atom. The second-order valence-electron chi connectivity index (χ2n) is 3.47. The maximum absolute atomic E-state index is 12.3. The summed E-state index contributed by atoms with van der Waals surface area (Å²) in [6, 6.07) is 4.27. The lowest BCUT2D eigenvalue weighted by molar-refractivity contribution is -0.141. The van der Waals surface area contributed by atoms with Crippen molar-refractivity contribution in [2.45, 2.75) is 19.3 Å². The third kappa shape index (κ3) is 2.68. The second kappa shape index (κ2) is 4.25. The molecule has 0 aromatic carbocycles. The molecule has 0 saturated heterocycles. The van der Waals surface area contributed by atoms with Crippen molar-refractivity contribution in [2.24, 2.45) is 5.73 Å². The van der Waals surface area contributed by atoms with Crippen molar-refractivity contribution in [1.29, 1.82) is 0 Å². The summed E-state index contributed by atoms with van der Waals surface area (Å²) < 4.78 is 43.3. The highest BCUT2D eigenvalue weighted by atomic mass is 19.4. The predicted molar refractivity (Wildman–Crippen MR) is 52.9 cm³/mol. The van der Waals surface area contributed by atoms with Gasteiger partial charge in [0.2, 0.25) is 0 Å². The Kier molecular flexibility index (Phi) is 2.93. The third-order valence-electron chi connectivity index (χ3n) is 2.17. The van der Waals surface area contributed by atoms with E-state index < -0.39 is 11.9 Å².